The van der Waals surface area contributed by atoms with Gasteiger partial charge in [0.15, 0.2) is 5.82 Å². The molecule has 1 N–H and O–H groups in total. The van der Waals surface area contributed by atoms with Crippen LogP contribution in [0.15, 0.2) is 42.7 Å². The predicted molar refractivity (Wildman–Crippen MR) is 103 cm³/mol. The van der Waals surface area contributed by atoms with Crippen LogP contribution in [0.5, 0.6) is 0 Å². The SMILES string of the molecule is O=C(Nc1cccc(Cl)c1F)c1c(-n2cccc2)sc2c1CCSC2. The summed E-state index contributed by atoms with van der Waals surface area (Å²) in [5, 5.41) is 3.56. The third kappa shape index (κ3) is 3.10. The molecule has 0 bridgehead atoms. The van der Waals surface area contributed by atoms with E-state index in [9.17, 15) is 9.18 Å². The lowest BCUT2D eigenvalue weighted by Crippen LogP contribution is -2.17. The van der Waals surface area contributed by atoms with E-state index in [0.29, 0.717) is 5.56 Å². The molecule has 0 radical (unpaired) electrons. The van der Waals surface area contributed by atoms with E-state index < -0.39 is 5.82 Å². The number of carbonyl (C=O) groups excluding carboxylic acids is 1. The van der Waals surface area contributed by atoms with E-state index in [4.69, 9.17) is 11.6 Å². The lowest BCUT2D eigenvalue weighted by molar-refractivity contribution is 0.102. The zero-order valence-corrected chi connectivity index (χ0v) is 15.5. The molecule has 0 unspecified atom stereocenters. The maximum Gasteiger partial charge on any atom is 0.259 e. The van der Waals surface area contributed by atoms with E-state index in [1.165, 1.54) is 17.0 Å². The van der Waals surface area contributed by atoms with Crippen molar-refractivity contribution in [3.05, 3.63) is 69.6 Å². The minimum absolute atomic E-state index is 0.00724. The van der Waals surface area contributed by atoms with Crippen molar-refractivity contribution in [1.82, 2.24) is 4.57 Å². The summed E-state index contributed by atoms with van der Waals surface area (Å²) >= 11 is 9.32. The van der Waals surface area contributed by atoms with Gasteiger partial charge in [-0.15, -0.1) is 11.3 Å². The largest absolute Gasteiger partial charge is 0.319 e. The molecular weight excluding hydrogens is 379 g/mol. The second kappa shape index (κ2) is 6.86. The number of hydrogen-bond donors (Lipinski definition) is 1. The number of anilines is 1. The number of benzene rings is 1. The predicted octanol–water partition coefficient (Wildman–Crippen LogP) is 5.37. The van der Waals surface area contributed by atoms with Crippen molar-refractivity contribution in [2.24, 2.45) is 0 Å². The summed E-state index contributed by atoms with van der Waals surface area (Å²) in [5.41, 5.74) is 1.81. The molecule has 7 heteroatoms. The maximum absolute atomic E-state index is 14.2. The first-order chi connectivity index (χ1) is 12.1. The van der Waals surface area contributed by atoms with Crippen molar-refractivity contribution < 1.29 is 9.18 Å². The van der Waals surface area contributed by atoms with Crippen molar-refractivity contribution in [3.63, 3.8) is 0 Å². The zero-order chi connectivity index (χ0) is 17.4. The molecule has 3 nitrogen and oxygen atoms in total. The quantitative estimate of drug-likeness (QED) is 0.649. The molecule has 4 rings (SSSR count). The molecule has 3 aromatic rings. The molecule has 0 saturated carbocycles. The highest BCUT2D eigenvalue weighted by Crippen LogP contribution is 2.38. The van der Waals surface area contributed by atoms with Gasteiger partial charge in [-0.1, -0.05) is 17.7 Å². The number of carbonyl (C=O) groups is 1. The highest BCUT2D eigenvalue weighted by Gasteiger charge is 2.27. The lowest BCUT2D eigenvalue weighted by atomic mass is 10.1. The van der Waals surface area contributed by atoms with Crippen LogP contribution in [0.1, 0.15) is 20.8 Å². The molecule has 1 aliphatic heterocycles. The molecule has 0 spiro atoms. The smallest absolute Gasteiger partial charge is 0.259 e. The summed E-state index contributed by atoms with van der Waals surface area (Å²) in [5.74, 6) is 0.988. The minimum Gasteiger partial charge on any atom is -0.319 e. The molecule has 0 atom stereocenters. The number of halogens is 2. The molecule has 0 aliphatic carbocycles. The first-order valence-corrected chi connectivity index (χ1v) is 10.1. The number of thiophene rings is 1. The number of thioether (sulfide) groups is 1. The van der Waals surface area contributed by atoms with Gasteiger partial charge in [0.05, 0.1) is 16.3 Å². The van der Waals surface area contributed by atoms with Gasteiger partial charge in [0.1, 0.15) is 5.00 Å². The van der Waals surface area contributed by atoms with Crippen LogP contribution in [0.4, 0.5) is 10.1 Å². The van der Waals surface area contributed by atoms with Gasteiger partial charge in [0.2, 0.25) is 0 Å². The van der Waals surface area contributed by atoms with Crippen molar-refractivity contribution in [2.45, 2.75) is 12.2 Å². The van der Waals surface area contributed by atoms with Crippen LogP contribution in [0, 0.1) is 5.82 Å². The van der Waals surface area contributed by atoms with Crippen molar-refractivity contribution >= 4 is 46.3 Å². The average molecular weight is 393 g/mol. The average Bonchev–Trinajstić information content (AvgIpc) is 3.25. The fraction of sp³-hybridized carbons (Fsp3) is 0.167. The van der Waals surface area contributed by atoms with Crippen LogP contribution in [-0.2, 0) is 12.2 Å². The van der Waals surface area contributed by atoms with Gasteiger partial charge in [-0.05, 0) is 42.0 Å². The van der Waals surface area contributed by atoms with E-state index in [1.54, 1.807) is 17.4 Å². The highest BCUT2D eigenvalue weighted by atomic mass is 35.5. The number of fused-ring (bicyclic) bond motifs is 1. The van der Waals surface area contributed by atoms with Crippen LogP contribution < -0.4 is 5.32 Å². The molecule has 0 fully saturated rings. The summed E-state index contributed by atoms with van der Waals surface area (Å²) < 4.78 is 16.1. The Morgan fingerprint density at radius 3 is 2.84 bits per heavy atom. The number of nitrogens with one attached hydrogen (secondary N) is 1. The van der Waals surface area contributed by atoms with Crippen LogP contribution in [-0.4, -0.2) is 16.2 Å². The Labute approximate surface area is 157 Å². The standard InChI is InChI=1S/C18H14ClFN2OS2/c19-12-4-3-5-13(16(12)20)21-17(23)15-11-6-9-24-10-14(11)25-18(15)22-7-1-2-8-22/h1-5,7-8H,6,9-10H2,(H,21,23). The number of aromatic nitrogens is 1. The number of rotatable bonds is 3. The summed E-state index contributed by atoms with van der Waals surface area (Å²) in [6, 6.07) is 8.44. The molecule has 3 heterocycles. The van der Waals surface area contributed by atoms with Crippen LogP contribution in [0.25, 0.3) is 5.00 Å². The Hall–Kier alpha value is -1.76. The first-order valence-electron chi connectivity index (χ1n) is 7.76. The third-order valence-electron chi connectivity index (χ3n) is 4.07. The molecule has 0 saturated heterocycles. The molecule has 1 aromatic carbocycles. The van der Waals surface area contributed by atoms with Gasteiger partial charge in [-0.3, -0.25) is 4.79 Å². The topological polar surface area (TPSA) is 34.0 Å². The fourth-order valence-corrected chi connectivity index (χ4v) is 5.51. The van der Waals surface area contributed by atoms with Gasteiger partial charge in [-0.2, -0.15) is 11.8 Å². The normalized spacial score (nSPS) is 13.5. The van der Waals surface area contributed by atoms with Crippen LogP contribution >= 0.6 is 34.7 Å². The van der Waals surface area contributed by atoms with E-state index in [2.05, 4.69) is 5.32 Å². The molecule has 128 valence electrons. The summed E-state index contributed by atoms with van der Waals surface area (Å²) in [6.45, 7) is 0. The monoisotopic (exact) mass is 392 g/mol. The summed E-state index contributed by atoms with van der Waals surface area (Å²) in [6.07, 6.45) is 4.68. The van der Waals surface area contributed by atoms with E-state index in [1.807, 2.05) is 40.9 Å². The number of nitrogens with zero attached hydrogens (tertiary/aromatic N) is 1. The van der Waals surface area contributed by atoms with Crippen molar-refractivity contribution in [1.29, 1.82) is 0 Å². The molecular formula is C18H14ClFN2OS2. The molecule has 1 aliphatic rings. The van der Waals surface area contributed by atoms with Gasteiger partial charge in [-0.25, -0.2) is 4.39 Å². The van der Waals surface area contributed by atoms with Crippen molar-refractivity contribution in [2.75, 3.05) is 11.1 Å². The molecule has 25 heavy (non-hydrogen) atoms. The Kier molecular flexibility index (Phi) is 4.58. The van der Waals surface area contributed by atoms with Gasteiger partial charge < -0.3 is 9.88 Å². The Morgan fingerprint density at radius 1 is 1.24 bits per heavy atom. The summed E-state index contributed by atoms with van der Waals surface area (Å²) in [7, 11) is 0. The van der Waals surface area contributed by atoms with E-state index in [0.717, 1.165) is 28.5 Å². The van der Waals surface area contributed by atoms with E-state index in [-0.39, 0.29) is 16.6 Å². The van der Waals surface area contributed by atoms with Crippen LogP contribution in [0.2, 0.25) is 5.02 Å². The fourth-order valence-electron chi connectivity index (χ4n) is 2.89. The van der Waals surface area contributed by atoms with Gasteiger partial charge >= 0.3 is 0 Å². The number of amides is 1. The Balaban J connectivity index is 1.77. The molecule has 1 amide bonds. The minimum atomic E-state index is -0.611. The van der Waals surface area contributed by atoms with Crippen molar-refractivity contribution in [3.8, 4) is 5.00 Å². The second-order valence-corrected chi connectivity index (χ2v) is 8.23. The first kappa shape index (κ1) is 16.7. The van der Waals surface area contributed by atoms with Gasteiger partial charge in [0, 0.05) is 23.0 Å². The van der Waals surface area contributed by atoms with E-state index >= 15 is 0 Å². The van der Waals surface area contributed by atoms with Crippen LogP contribution in [0.3, 0.4) is 0 Å². The third-order valence-corrected chi connectivity index (χ3v) is 6.77. The maximum atomic E-state index is 14.2. The lowest BCUT2D eigenvalue weighted by Gasteiger charge is -2.13. The zero-order valence-electron chi connectivity index (χ0n) is 13.1. The van der Waals surface area contributed by atoms with Gasteiger partial charge in [0.25, 0.3) is 5.91 Å². The Bertz CT molecular complexity index is 937. The number of hydrogen-bond acceptors (Lipinski definition) is 3. The summed E-state index contributed by atoms with van der Waals surface area (Å²) in [4.78, 5) is 14.2. The second-order valence-electron chi connectivity index (χ2n) is 5.63. The highest BCUT2D eigenvalue weighted by molar-refractivity contribution is 7.98. The Morgan fingerprint density at radius 2 is 2.04 bits per heavy atom. The molecule has 2 aromatic heterocycles.